The number of furan rings is 1. The molecular weight excluding hydrogens is 448 g/mol. The van der Waals surface area contributed by atoms with Crippen molar-refractivity contribution in [3.63, 3.8) is 0 Å². The van der Waals surface area contributed by atoms with Crippen molar-refractivity contribution in [2.45, 2.75) is 39.5 Å². The van der Waals surface area contributed by atoms with E-state index in [1.807, 2.05) is 36.1 Å². The first-order chi connectivity index (χ1) is 16.2. The molecule has 0 radical (unpaired) electrons. The third-order valence-corrected chi connectivity index (χ3v) is 7.79. The number of rotatable bonds is 5. The van der Waals surface area contributed by atoms with E-state index in [0.29, 0.717) is 36.7 Å². The number of carbonyl (C=O) groups is 2. The molecule has 2 amide bonds. The Bertz CT molecular complexity index is 1200. The van der Waals surface area contributed by atoms with Crippen molar-refractivity contribution in [1.29, 1.82) is 5.26 Å². The molecule has 2 aliphatic rings. The maximum absolute atomic E-state index is 12.8. The van der Waals surface area contributed by atoms with Crippen LogP contribution in [0.2, 0.25) is 0 Å². The van der Waals surface area contributed by atoms with Crippen LogP contribution in [0.3, 0.4) is 0 Å². The van der Waals surface area contributed by atoms with Gasteiger partial charge < -0.3 is 14.6 Å². The highest BCUT2D eigenvalue weighted by Crippen LogP contribution is 2.47. The van der Waals surface area contributed by atoms with Gasteiger partial charge >= 0.3 is 0 Å². The minimum absolute atomic E-state index is 0.0658. The van der Waals surface area contributed by atoms with Gasteiger partial charge in [-0.15, -0.1) is 11.3 Å². The van der Waals surface area contributed by atoms with E-state index in [1.165, 1.54) is 11.3 Å². The fourth-order valence-corrected chi connectivity index (χ4v) is 5.79. The van der Waals surface area contributed by atoms with Crippen LogP contribution in [0.4, 0.5) is 5.00 Å². The van der Waals surface area contributed by atoms with Crippen LogP contribution in [0.5, 0.6) is 0 Å². The molecule has 0 atom stereocenters. The zero-order chi connectivity index (χ0) is 24.5. The van der Waals surface area contributed by atoms with E-state index in [9.17, 15) is 14.9 Å². The number of piperazine rings is 1. The van der Waals surface area contributed by atoms with E-state index in [4.69, 9.17) is 4.42 Å². The molecule has 0 bridgehead atoms. The summed E-state index contributed by atoms with van der Waals surface area (Å²) in [4.78, 5) is 29.2. The minimum atomic E-state index is -0.162. The normalized spacial score (nSPS) is 17.9. The van der Waals surface area contributed by atoms with Crippen LogP contribution in [0.25, 0.3) is 12.2 Å². The lowest BCUT2D eigenvalue weighted by molar-refractivity contribution is -0.130. The molecule has 0 spiro atoms. The van der Waals surface area contributed by atoms with Crippen molar-refractivity contribution in [3.05, 3.63) is 51.3 Å². The molecule has 3 heterocycles. The molecule has 4 rings (SSSR count). The molecule has 34 heavy (non-hydrogen) atoms. The van der Waals surface area contributed by atoms with Gasteiger partial charge in [0.2, 0.25) is 11.8 Å². The highest BCUT2D eigenvalue weighted by Gasteiger charge is 2.33. The number of nitriles is 1. The highest BCUT2D eigenvalue weighted by atomic mass is 32.1. The molecule has 1 aliphatic carbocycles. The summed E-state index contributed by atoms with van der Waals surface area (Å²) in [6, 6.07) is 6.18. The predicted molar refractivity (Wildman–Crippen MR) is 134 cm³/mol. The standard InChI is InChI=1S/C26H30N4O3S/c1-17-5-7-20(33-17)8-6-19-13-21-22(15-27)25(34-24(21)26(3,4)14-19)28-23(32)16-29-9-11-30(12-10-29)18(2)31/h5-8,13H,9-12,14,16H2,1-4H3,(H,28,32)/b8-6+. The second kappa shape index (κ2) is 9.61. The van der Waals surface area contributed by atoms with Crippen molar-refractivity contribution in [3.8, 4) is 6.07 Å². The molecule has 0 saturated carbocycles. The zero-order valence-electron chi connectivity index (χ0n) is 20.1. The number of nitrogens with zero attached hydrogens (tertiary/aromatic N) is 3. The van der Waals surface area contributed by atoms with Gasteiger partial charge in [-0.1, -0.05) is 19.9 Å². The fraction of sp³-hybridized carbons (Fsp3) is 0.423. The van der Waals surface area contributed by atoms with Crippen LogP contribution in [0, 0.1) is 18.3 Å². The first-order valence-corrected chi connectivity index (χ1v) is 12.3. The maximum atomic E-state index is 12.8. The van der Waals surface area contributed by atoms with E-state index in [-0.39, 0.29) is 23.8 Å². The van der Waals surface area contributed by atoms with Crippen molar-refractivity contribution < 1.29 is 14.0 Å². The predicted octanol–water partition coefficient (Wildman–Crippen LogP) is 4.40. The fourth-order valence-electron chi connectivity index (χ4n) is 4.54. The average molecular weight is 479 g/mol. The molecular formula is C26H30N4O3S. The Morgan fingerprint density at radius 3 is 2.59 bits per heavy atom. The molecule has 1 aliphatic heterocycles. The van der Waals surface area contributed by atoms with Crippen LogP contribution in [-0.2, 0) is 15.0 Å². The lowest BCUT2D eigenvalue weighted by Gasteiger charge is -2.33. The number of hydrogen-bond donors (Lipinski definition) is 1. The van der Waals surface area contributed by atoms with Gasteiger partial charge in [0.15, 0.2) is 0 Å². The molecule has 8 heteroatoms. The van der Waals surface area contributed by atoms with Crippen molar-refractivity contribution in [2.75, 3.05) is 38.0 Å². The number of amides is 2. The Hall–Kier alpha value is -3.15. The van der Waals surface area contributed by atoms with Gasteiger partial charge in [-0.2, -0.15) is 5.26 Å². The molecule has 1 N–H and O–H groups in total. The molecule has 0 unspecified atom stereocenters. The third-order valence-electron chi connectivity index (χ3n) is 6.31. The Morgan fingerprint density at radius 2 is 1.97 bits per heavy atom. The van der Waals surface area contributed by atoms with Crippen molar-refractivity contribution >= 4 is 40.3 Å². The largest absolute Gasteiger partial charge is 0.462 e. The molecule has 178 valence electrons. The average Bonchev–Trinajstić information content (AvgIpc) is 3.35. The van der Waals surface area contributed by atoms with E-state index in [0.717, 1.165) is 34.0 Å². The second-order valence-electron chi connectivity index (χ2n) is 9.55. The highest BCUT2D eigenvalue weighted by molar-refractivity contribution is 7.17. The summed E-state index contributed by atoms with van der Waals surface area (Å²) >= 11 is 1.49. The Morgan fingerprint density at radius 1 is 1.24 bits per heavy atom. The van der Waals surface area contributed by atoms with Crippen LogP contribution >= 0.6 is 11.3 Å². The maximum Gasteiger partial charge on any atom is 0.239 e. The number of nitrogens with one attached hydrogen (secondary N) is 1. The van der Waals surface area contributed by atoms with E-state index >= 15 is 0 Å². The van der Waals surface area contributed by atoms with Crippen molar-refractivity contribution in [1.82, 2.24) is 9.80 Å². The number of fused-ring (bicyclic) bond motifs is 1. The van der Waals surface area contributed by atoms with Gasteiger partial charge in [0.05, 0.1) is 12.1 Å². The first kappa shape index (κ1) is 24.0. The number of hydrogen-bond acceptors (Lipinski definition) is 6. The Balaban J connectivity index is 1.50. The lowest BCUT2D eigenvalue weighted by Crippen LogP contribution is -2.49. The van der Waals surface area contributed by atoms with Gasteiger partial charge in [-0.25, -0.2) is 0 Å². The number of allylic oxidation sites excluding steroid dienone is 2. The van der Waals surface area contributed by atoms with E-state index < -0.39 is 0 Å². The smallest absolute Gasteiger partial charge is 0.239 e. The number of aryl methyl sites for hydroxylation is 1. The summed E-state index contributed by atoms with van der Waals surface area (Å²) in [7, 11) is 0. The van der Waals surface area contributed by atoms with Gasteiger partial charge in [0.1, 0.15) is 22.6 Å². The molecule has 2 aromatic rings. The summed E-state index contributed by atoms with van der Waals surface area (Å²) < 4.78 is 5.63. The summed E-state index contributed by atoms with van der Waals surface area (Å²) in [6.07, 6.45) is 6.88. The van der Waals surface area contributed by atoms with E-state index in [1.54, 1.807) is 11.8 Å². The number of thiophene rings is 1. The number of carbonyl (C=O) groups excluding carboxylic acids is 2. The van der Waals surface area contributed by atoms with Crippen LogP contribution in [0.1, 0.15) is 54.7 Å². The second-order valence-corrected chi connectivity index (χ2v) is 10.6. The third kappa shape index (κ3) is 5.16. The zero-order valence-corrected chi connectivity index (χ0v) is 20.9. The SMILES string of the molecule is CC(=O)N1CCN(CC(=O)Nc2sc3c(c2C#N)C=C(/C=C/c2ccc(C)o2)CC3(C)C)CC1. The summed E-state index contributed by atoms with van der Waals surface area (Å²) in [5, 5.41) is 13.5. The topological polar surface area (TPSA) is 89.6 Å². The molecule has 7 nitrogen and oxygen atoms in total. The van der Waals surface area contributed by atoms with Gasteiger partial charge in [-0.05, 0) is 43.2 Å². The Labute approximate surface area is 204 Å². The molecule has 1 saturated heterocycles. The van der Waals surface area contributed by atoms with Crippen LogP contribution in [0.15, 0.2) is 28.2 Å². The number of anilines is 1. The minimum Gasteiger partial charge on any atom is -0.462 e. The van der Waals surface area contributed by atoms with E-state index in [2.05, 4.69) is 31.3 Å². The van der Waals surface area contributed by atoms with Crippen LogP contribution < -0.4 is 5.32 Å². The molecule has 1 fully saturated rings. The van der Waals surface area contributed by atoms with Gasteiger partial charge in [0, 0.05) is 49.0 Å². The lowest BCUT2D eigenvalue weighted by atomic mass is 9.77. The van der Waals surface area contributed by atoms with Crippen LogP contribution in [-0.4, -0.2) is 54.3 Å². The summed E-state index contributed by atoms with van der Waals surface area (Å²) in [5.41, 5.74) is 2.36. The quantitative estimate of drug-likeness (QED) is 0.688. The first-order valence-electron chi connectivity index (χ1n) is 11.5. The molecule has 2 aromatic heterocycles. The Kier molecular flexibility index (Phi) is 6.78. The molecule has 0 aromatic carbocycles. The van der Waals surface area contributed by atoms with Gasteiger partial charge in [0.25, 0.3) is 0 Å². The summed E-state index contributed by atoms with van der Waals surface area (Å²) in [5.74, 6) is 1.59. The summed E-state index contributed by atoms with van der Waals surface area (Å²) in [6.45, 7) is 10.7. The van der Waals surface area contributed by atoms with Crippen molar-refractivity contribution in [2.24, 2.45) is 0 Å². The monoisotopic (exact) mass is 478 g/mol. The van der Waals surface area contributed by atoms with Gasteiger partial charge in [-0.3, -0.25) is 14.5 Å².